The van der Waals surface area contributed by atoms with Gasteiger partial charge in [-0.05, 0) is 38.0 Å². The molecule has 1 aromatic carbocycles. The quantitative estimate of drug-likeness (QED) is 0.801. The Hall–Kier alpha value is -1.81. The summed E-state index contributed by atoms with van der Waals surface area (Å²) in [6.07, 6.45) is 3.94. The van der Waals surface area contributed by atoms with E-state index in [1.807, 2.05) is 19.2 Å². The first-order valence-corrected chi connectivity index (χ1v) is 7.64. The maximum Gasteiger partial charge on any atom is 0.0606 e. The number of aryl methyl sites for hydroxylation is 1. The summed E-state index contributed by atoms with van der Waals surface area (Å²) in [4.78, 5) is 6.64. The second kappa shape index (κ2) is 6.76. The maximum absolute atomic E-state index is 9.44. The summed E-state index contributed by atoms with van der Waals surface area (Å²) in [7, 11) is 0. The zero-order chi connectivity index (χ0) is 15.4. The summed E-state index contributed by atoms with van der Waals surface area (Å²) >= 11 is 0. The van der Waals surface area contributed by atoms with E-state index in [1.165, 1.54) is 0 Å². The van der Waals surface area contributed by atoms with Crippen LogP contribution in [0.2, 0.25) is 0 Å². The van der Waals surface area contributed by atoms with Crippen molar-refractivity contribution >= 4 is 22.1 Å². The van der Waals surface area contributed by atoms with Crippen LogP contribution >= 0.6 is 0 Å². The van der Waals surface area contributed by atoms with Gasteiger partial charge in [-0.3, -0.25) is 4.98 Å². The van der Waals surface area contributed by atoms with Crippen LogP contribution in [0.3, 0.4) is 0 Å². The fourth-order valence-electron chi connectivity index (χ4n) is 2.94. The minimum atomic E-state index is 0.145. The normalized spacial score (nSPS) is 11.3. The van der Waals surface area contributed by atoms with Gasteiger partial charge in [0.15, 0.2) is 0 Å². The summed E-state index contributed by atoms with van der Waals surface area (Å²) in [5.74, 6) is 0. The fourth-order valence-corrected chi connectivity index (χ4v) is 2.94. The molecule has 0 saturated heterocycles. The Labute approximate surface area is 126 Å². The van der Waals surface area contributed by atoms with Crippen molar-refractivity contribution in [2.45, 2.75) is 39.7 Å². The number of pyridine rings is 1. The van der Waals surface area contributed by atoms with Gasteiger partial charge in [0.05, 0.1) is 6.61 Å². The second-order valence-electron chi connectivity index (χ2n) is 5.43. The van der Waals surface area contributed by atoms with E-state index in [0.29, 0.717) is 12.6 Å². The third-order valence-corrected chi connectivity index (χ3v) is 4.08. The Balaban J connectivity index is 2.61. The molecule has 0 aliphatic rings. The Morgan fingerprint density at radius 2 is 1.95 bits per heavy atom. The second-order valence-corrected chi connectivity index (χ2v) is 5.43. The molecule has 1 heterocycles. The van der Waals surface area contributed by atoms with Crippen molar-refractivity contribution in [2.24, 2.45) is 0 Å². The lowest BCUT2D eigenvalue weighted by molar-refractivity contribution is 0.296. The van der Waals surface area contributed by atoms with Crippen LogP contribution in [-0.4, -0.2) is 29.3 Å². The van der Waals surface area contributed by atoms with Gasteiger partial charge in [0.1, 0.15) is 0 Å². The van der Waals surface area contributed by atoms with Gasteiger partial charge in [0.25, 0.3) is 0 Å². The van der Waals surface area contributed by atoms with Crippen LogP contribution in [0.25, 0.3) is 10.8 Å². The molecule has 4 nitrogen and oxygen atoms in total. The number of anilines is 2. The number of hydrogen-bond acceptors (Lipinski definition) is 4. The first-order chi connectivity index (χ1) is 10.1. The van der Waals surface area contributed by atoms with E-state index in [0.717, 1.165) is 40.7 Å². The SMILES string of the molecule is CCC(CC)N(CCO)c1ccc(N)c2cnc(C)cc12. The highest BCUT2D eigenvalue weighted by Gasteiger charge is 2.18. The minimum Gasteiger partial charge on any atom is -0.398 e. The zero-order valence-corrected chi connectivity index (χ0v) is 13.1. The van der Waals surface area contributed by atoms with Gasteiger partial charge in [0, 0.05) is 46.6 Å². The van der Waals surface area contributed by atoms with E-state index in [-0.39, 0.29) is 6.61 Å². The number of aromatic nitrogens is 1. The number of nitrogens with two attached hydrogens (primary N) is 1. The largest absolute Gasteiger partial charge is 0.398 e. The van der Waals surface area contributed by atoms with Gasteiger partial charge in [-0.2, -0.15) is 0 Å². The monoisotopic (exact) mass is 287 g/mol. The minimum absolute atomic E-state index is 0.145. The van der Waals surface area contributed by atoms with Gasteiger partial charge >= 0.3 is 0 Å². The molecule has 2 aromatic rings. The molecule has 0 radical (unpaired) electrons. The highest BCUT2D eigenvalue weighted by Crippen LogP contribution is 2.33. The van der Waals surface area contributed by atoms with Crippen LogP contribution < -0.4 is 10.6 Å². The number of aliphatic hydroxyl groups excluding tert-OH is 1. The lowest BCUT2D eigenvalue weighted by Crippen LogP contribution is -2.37. The zero-order valence-electron chi connectivity index (χ0n) is 13.1. The van der Waals surface area contributed by atoms with Crippen molar-refractivity contribution in [3.63, 3.8) is 0 Å². The van der Waals surface area contributed by atoms with Crippen molar-refractivity contribution in [1.82, 2.24) is 4.98 Å². The smallest absolute Gasteiger partial charge is 0.0606 e. The van der Waals surface area contributed by atoms with E-state index in [4.69, 9.17) is 5.73 Å². The Morgan fingerprint density at radius 1 is 1.24 bits per heavy atom. The first kappa shape index (κ1) is 15.6. The predicted molar refractivity (Wildman–Crippen MR) is 89.7 cm³/mol. The van der Waals surface area contributed by atoms with E-state index >= 15 is 0 Å². The highest BCUT2D eigenvalue weighted by atomic mass is 16.3. The number of hydrogen-bond donors (Lipinski definition) is 2. The fraction of sp³-hybridized carbons (Fsp3) is 0.471. The molecule has 0 aliphatic carbocycles. The van der Waals surface area contributed by atoms with E-state index in [9.17, 15) is 5.11 Å². The van der Waals surface area contributed by atoms with Crippen LogP contribution in [0.1, 0.15) is 32.4 Å². The molecule has 0 amide bonds. The Morgan fingerprint density at radius 3 is 2.57 bits per heavy atom. The average molecular weight is 287 g/mol. The lowest BCUT2D eigenvalue weighted by Gasteiger charge is -2.33. The standard InChI is InChI=1S/C17H25N3O/c1-4-13(5-2)20(8-9-21)17-7-6-16(18)15-11-19-12(3)10-14(15)17/h6-7,10-11,13,21H,4-5,8-9,18H2,1-3H3. The topological polar surface area (TPSA) is 62.4 Å². The summed E-state index contributed by atoms with van der Waals surface area (Å²) in [6.45, 7) is 7.13. The Bertz CT molecular complexity index is 608. The van der Waals surface area contributed by atoms with Crippen molar-refractivity contribution in [3.8, 4) is 0 Å². The molecule has 4 heteroatoms. The number of nitrogens with zero attached hydrogens (tertiary/aromatic N) is 2. The van der Waals surface area contributed by atoms with E-state index in [2.05, 4.69) is 35.9 Å². The van der Waals surface area contributed by atoms with Gasteiger partial charge in [-0.25, -0.2) is 0 Å². The van der Waals surface area contributed by atoms with E-state index in [1.54, 1.807) is 0 Å². The molecule has 21 heavy (non-hydrogen) atoms. The summed E-state index contributed by atoms with van der Waals surface area (Å²) in [5.41, 5.74) is 8.93. The van der Waals surface area contributed by atoms with Crippen LogP contribution in [0.4, 0.5) is 11.4 Å². The molecule has 0 bridgehead atoms. The van der Waals surface area contributed by atoms with E-state index < -0.39 is 0 Å². The maximum atomic E-state index is 9.44. The van der Waals surface area contributed by atoms with Crippen LogP contribution in [0.15, 0.2) is 24.4 Å². The third kappa shape index (κ3) is 3.10. The van der Waals surface area contributed by atoms with Gasteiger partial charge < -0.3 is 15.7 Å². The number of fused-ring (bicyclic) bond motifs is 1. The average Bonchev–Trinajstić information content (AvgIpc) is 2.48. The molecule has 3 N–H and O–H groups in total. The summed E-state index contributed by atoms with van der Waals surface area (Å²) in [6, 6.07) is 6.48. The molecule has 0 fully saturated rings. The molecule has 0 aliphatic heterocycles. The lowest BCUT2D eigenvalue weighted by atomic mass is 10.0. The van der Waals surface area contributed by atoms with Crippen molar-refractivity contribution in [3.05, 3.63) is 30.1 Å². The predicted octanol–water partition coefficient (Wildman–Crippen LogP) is 3.11. The van der Waals surface area contributed by atoms with Crippen LogP contribution in [-0.2, 0) is 0 Å². The van der Waals surface area contributed by atoms with Gasteiger partial charge in [-0.1, -0.05) is 13.8 Å². The van der Waals surface area contributed by atoms with Gasteiger partial charge in [-0.15, -0.1) is 0 Å². The molecule has 1 aromatic heterocycles. The molecule has 0 atom stereocenters. The first-order valence-electron chi connectivity index (χ1n) is 7.64. The molecule has 0 spiro atoms. The van der Waals surface area contributed by atoms with Crippen molar-refractivity contribution in [1.29, 1.82) is 0 Å². The number of benzene rings is 1. The third-order valence-electron chi connectivity index (χ3n) is 4.08. The summed E-state index contributed by atoms with van der Waals surface area (Å²) in [5, 5.41) is 11.5. The molecule has 0 unspecified atom stereocenters. The molecule has 114 valence electrons. The van der Waals surface area contributed by atoms with Crippen LogP contribution in [0, 0.1) is 6.92 Å². The molecule has 2 rings (SSSR count). The summed E-state index contributed by atoms with van der Waals surface area (Å²) < 4.78 is 0. The van der Waals surface area contributed by atoms with Crippen molar-refractivity contribution in [2.75, 3.05) is 23.8 Å². The van der Waals surface area contributed by atoms with Crippen molar-refractivity contribution < 1.29 is 5.11 Å². The molecule has 0 saturated carbocycles. The number of nitrogen functional groups attached to an aromatic ring is 1. The molecular weight excluding hydrogens is 262 g/mol. The number of aliphatic hydroxyl groups is 1. The Kier molecular flexibility index (Phi) is 5.02. The molecular formula is C17H25N3O. The van der Waals surface area contributed by atoms with Gasteiger partial charge in [0.2, 0.25) is 0 Å². The van der Waals surface area contributed by atoms with Crippen LogP contribution in [0.5, 0.6) is 0 Å². The number of rotatable bonds is 6. The highest BCUT2D eigenvalue weighted by molar-refractivity contribution is 6.01.